The Kier molecular flexibility index (Phi) is 4.71. The predicted octanol–water partition coefficient (Wildman–Crippen LogP) is 2.10. The van der Waals surface area contributed by atoms with E-state index < -0.39 is 15.9 Å². The molecule has 1 aliphatic heterocycles. The van der Waals surface area contributed by atoms with Crippen molar-refractivity contribution in [3.05, 3.63) is 65.7 Å². The second-order valence-electron chi connectivity index (χ2n) is 5.86. The molecule has 1 amide bonds. The van der Waals surface area contributed by atoms with Crippen LogP contribution in [0.1, 0.15) is 5.56 Å². The first-order valence-electron chi connectivity index (χ1n) is 7.72. The van der Waals surface area contributed by atoms with Crippen LogP contribution in [-0.2, 0) is 14.8 Å². The molecule has 2 N–H and O–H groups in total. The number of rotatable bonds is 4. The maximum atomic E-state index is 12.7. The summed E-state index contributed by atoms with van der Waals surface area (Å²) < 4.78 is 26.6. The maximum absolute atomic E-state index is 12.7. The summed E-state index contributed by atoms with van der Waals surface area (Å²) in [5.74, 6) is -0.688. The fraction of sp³-hybridized carbons (Fsp3) is 0.167. The second-order valence-corrected chi connectivity index (χ2v) is 7.80. The molecule has 0 aromatic heterocycles. The number of aryl methyl sites for hydroxylation is 1. The van der Waals surface area contributed by atoms with Crippen molar-refractivity contribution >= 4 is 15.9 Å². The van der Waals surface area contributed by atoms with Crippen molar-refractivity contribution in [3.63, 3.8) is 0 Å². The van der Waals surface area contributed by atoms with Crippen molar-refractivity contribution in [1.82, 2.24) is 9.79 Å². The molecule has 2 aromatic rings. The van der Waals surface area contributed by atoms with Gasteiger partial charge in [0.05, 0.1) is 4.90 Å². The van der Waals surface area contributed by atoms with Gasteiger partial charge < -0.3 is 0 Å². The first-order valence-corrected chi connectivity index (χ1v) is 9.16. The SMILES string of the molecule is Cc1cccc(-c2ccc(S(=O)(=O)N3CC=C(C(=O)NO)C3)cc2)c1. The van der Waals surface area contributed by atoms with Crippen molar-refractivity contribution in [2.75, 3.05) is 13.1 Å². The molecular weight excluding hydrogens is 340 g/mol. The first-order chi connectivity index (χ1) is 11.9. The van der Waals surface area contributed by atoms with Gasteiger partial charge in [0.2, 0.25) is 10.0 Å². The van der Waals surface area contributed by atoms with Gasteiger partial charge in [0.1, 0.15) is 0 Å². The van der Waals surface area contributed by atoms with E-state index in [1.165, 1.54) is 15.9 Å². The van der Waals surface area contributed by atoms with Crippen LogP contribution in [0, 0.1) is 6.92 Å². The highest BCUT2D eigenvalue weighted by Crippen LogP contribution is 2.25. The van der Waals surface area contributed by atoms with Gasteiger partial charge >= 0.3 is 0 Å². The summed E-state index contributed by atoms with van der Waals surface area (Å²) in [4.78, 5) is 11.6. The molecule has 1 aliphatic rings. The quantitative estimate of drug-likeness (QED) is 0.647. The lowest BCUT2D eigenvalue weighted by Crippen LogP contribution is -2.31. The monoisotopic (exact) mass is 358 g/mol. The third-order valence-corrected chi connectivity index (χ3v) is 5.95. The summed E-state index contributed by atoms with van der Waals surface area (Å²) in [6.45, 7) is 2.04. The summed E-state index contributed by atoms with van der Waals surface area (Å²) in [5, 5.41) is 8.65. The Balaban J connectivity index is 1.81. The Labute approximate surface area is 146 Å². The highest BCUT2D eigenvalue weighted by atomic mass is 32.2. The van der Waals surface area contributed by atoms with Gasteiger partial charge in [0.15, 0.2) is 0 Å². The van der Waals surface area contributed by atoms with Gasteiger partial charge in [-0.15, -0.1) is 0 Å². The largest absolute Gasteiger partial charge is 0.288 e. The zero-order valence-electron chi connectivity index (χ0n) is 13.6. The van der Waals surface area contributed by atoms with Crippen molar-refractivity contribution in [2.24, 2.45) is 0 Å². The van der Waals surface area contributed by atoms with E-state index in [1.807, 2.05) is 31.2 Å². The standard InChI is InChI=1S/C18H18N2O4S/c1-13-3-2-4-15(11-13)14-5-7-17(8-6-14)25(23,24)20-10-9-16(12-20)18(21)19-22/h2-9,11,22H,10,12H2,1H3,(H,19,21). The number of hydrogen-bond acceptors (Lipinski definition) is 4. The first kappa shape index (κ1) is 17.3. The fourth-order valence-electron chi connectivity index (χ4n) is 2.74. The van der Waals surface area contributed by atoms with E-state index in [1.54, 1.807) is 24.3 Å². The maximum Gasteiger partial charge on any atom is 0.271 e. The number of hydrogen-bond donors (Lipinski definition) is 2. The van der Waals surface area contributed by atoms with Gasteiger partial charge in [-0.3, -0.25) is 10.0 Å². The highest BCUT2D eigenvalue weighted by Gasteiger charge is 2.30. The molecule has 0 spiro atoms. The molecule has 0 fully saturated rings. The topological polar surface area (TPSA) is 86.7 Å². The summed E-state index contributed by atoms with van der Waals surface area (Å²) in [7, 11) is -3.70. The molecule has 0 aliphatic carbocycles. The van der Waals surface area contributed by atoms with Gasteiger partial charge in [-0.05, 0) is 30.2 Å². The normalized spacial score (nSPS) is 15.0. The van der Waals surface area contributed by atoms with Crippen LogP contribution in [0.15, 0.2) is 65.1 Å². The van der Waals surface area contributed by atoms with Crippen molar-refractivity contribution in [1.29, 1.82) is 0 Å². The van der Waals surface area contributed by atoms with Crippen LogP contribution in [0.5, 0.6) is 0 Å². The third-order valence-electron chi connectivity index (χ3n) is 4.12. The number of nitrogens with one attached hydrogen (secondary N) is 1. The second kappa shape index (κ2) is 6.79. The number of nitrogens with zero attached hydrogens (tertiary/aromatic N) is 1. The zero-order chi connectivity index (χ0) is 18.0. The van der Waals surface area contributed by atoms with Crippen LogP contribution in [0.3, 0.4) is 0 Å². The number of carbonyl (C=O) groups excluding carboxylic acids is 1. The van der Waals surface area contributed by atoms with Crippen molar-refractivity contribution < 1.29 is 18.4 Å². The minimum atomic E-state index is -3.70. The summed E-state index contributed by atoms with van der Waals surface area (Å²) in [5.41, 5.74) is 4.83. The number of carbonyl (C=O) groups is 1. The summed E-state index contributed by atoms with van der Waals surface area (Å²) in [6.07, 6.45) is 1.49. The summed E-state index contributed by atoms with van der Waals surface area (Å²) >= 11 is 0. The van der Waals surface area contributed by atoms with E-state index in [9.17, 15) is 13.2 Å². The lowest BCUT2D eigenvalue weighted by atomic mass is 10.0. The minimum absolute atomic E-state index is 0.0612. The van der Waals surface area contributed by atoms with Crippen LogP contribution in [-0.4, -0.2) is 36.9 Å². The van der Waals surface area contributed by atoms with E-state index in [2.05, 4.69) is 0 Å². The molecule has 130 valence electrons. The van der Waals surface area contributed by atoms with E-state index in [-0.39, 0.29) is 23.6 Å². The molecule has 0 saturated heterocycles. The Bertz CT molecular complexity index is 934. The molecule has 0 unspecified atom stereocenters. The Morgan fingerprint density at radius 2 is 1.84 bits per heavy atom. The van der Waals surface area contributed by atoms with Gasteiger partial charge in [-0.25, -0.2) is 13.9 Å². The van der Waals surface area contributed by atoms with Crippen LogP contribution in [0.25, 0.3) is 11.1 Å². The van der Waals surface area contributed by atoms with Crippen LogP contribution in [0.4, 0.5) is 0 Å². The van der Waals surface area contributed by atoms with E-state index in [0.29, 0.717) is 0 Å². The smallest absolute Gasteiger partial charge is 0.271 e. The molecular formula is C18H18N2O4S. The molecule has 6 nitrogen and oxygen atoms in total. The lowest BCUT2D eigenvalue weighted by molar-refractivity contribution is -0.125. The number of amides is 1. The molecule has 3 rings (SSSR count). The van der Waals surface area contributed by atoms with E-state index >= 15 is 0 Å². The highest BCUT2D eigenvalue weighted by molar-refractivity contribution is 7.89. The Hall–Kier alpha value is -2.48. The molecule has 25 heavy (non-hydrogen) atoms. The Morgan fingerprint density at radius 1 is 1.12 bits per heavy atom. The van der Waals surface area contributed by atoms with Gasteiger partial charge in [0.25, 0.3) is 5.91 Å². The predicted molar refractivity (Wildman–Crippen MR) is 93.4 cm³/mol. The molecule has 0 atom stereocenters. The van der Waals surface area contributed by atoms with Gasteiger partial charge in [-0.1, -0.05) is 48.0 Å². The lowest BCUT2D eigenvalue weighted by Gasteiger charge is -2.16. The zero-order valence-corrected chi connectivity index (χ0v) is 14.5. The molecule has 0 saturated carbocycles. The molecule has 2 aromatic carbocycles. The molecule has 0 bridgehead atoms. The summed E-state index contributed by atoms with van der Waals surface area (Å²) in [6, 6.07) is 14.6. The van der Waals surface area contributed by atoms with Crippen molar-refractivity contribution in [2.45, 2.75) is 11.8 Å². The number of benzene rings is 2. The number of hydroxylamine groups is 1. The van der Waals surface area contributed by atoms with Gasteiger partial charge in [0, 0.05) is 18.7 Å². The van der Waals surface area contributed by atoms with Crippen LogP contribution >= 0.6 is 0 Å². The average molecular weight is 358 g/mol. The van der Waals surface area contributed by atoms with Crippen molar-refractivity contribution in [3.8, 4) is 11.1 Å². The van der Waals surface area contributed by atoms with E-state index in [4.69, 9.17) is 5.21 Å². The minimum Gasteiger partial charge on any atom is -0.288 e. The molecule has 1 heterocycles. The van der Waals surface area contributed by atoms with Crippen LogP contribution in [0.2, 0.25) is 0 Å². The fourth-order valence-corrected chi connectivity index (χ4v) is 4.10. The van der Waals surface area contributed by atoms with Crippen LogP contribution < -0.4 is 5.48 Å². The Morgan fingerprint density at radius 3 is 2.48 bits per heavy atom. The third kappa shape index (κ3) is 3.48. The molecule has 0 radical (unpaired) electrons. The number of sulfonamides is 1. The van der Waals surface area contributed by atoms with Gasteiger partial charge in [-0.2, -0.15) is 4.31 Å². The molecule has 7 heteroatoms. The van der Waals surface area contributed by atoms with E-state index in [0.717, 1.165) is 16.7 Å². The average Bonchev–Trinajstić information content (AvgIpc) is 3.12.